The molecule has 24 heavy (non-hydrogen) atoms. The Hall–Kier alpha value is -2.24. The van der Waals surface area contributed by atoms with E-state index >= 15 is 0 Å². The normalized spacial score (nSPS) is 18.2. The van der Waals surface area contributed by atoms with E-state index in [9.17, 15) is 4.79 Å². The van der Waals surface area contributed by atoms with E-state index in [1.165, 1.54) is 0 Å². The van der Waals surface area contributed by atoms with Gasteiger partial charge >= 0.3 is 0 Å². The van der Waals surface area contributed by atoms with Crippen molar-refractivity contribution >= 4 is 5.91 Å². The molecule has 3 heterocycles. The number of carbonyl (C=O) groups is 1. The molecular weight excluding hydrogens is 302 g/mol. The smallest absolute Gasteiger partial charge is 0.228 e. The molecule has 1 amide bonds. The Morgan fingerprint density at radius 1 is 1.29 bits per heavy atom. The third-order valence-corrected chi connectivity index (χ3v) is 4.45. The summed E-state index contributed by atoms with van der Waals surface area (Å²) in [6.07, 6.45) is 7.33. The quantitative estimate of drug-likeness (QED) is 0.869. The van der Waals surface area contributed by atoms with E-state index in [0.717, 1.165) is 43.0 Å². The highest BCUT2D eigenvalue weighted by molar-refractivity contribution is 5.82. The third kappa shape index (κ3) is 3.05. The number of hydrogen-bond acceptors (Lipinski definition) is 4. The van der Waals surface area contributed by atoms with Gasteiger partial charge in [0, 0.05) is 24.7 Å². The van der Waals surface area contributed by atoms with Gasteiger partial charge in [-0.1, -0.05) is 20.8 Å². The lowest BCUT2D eigenvalue weighted by atomic mass is 9.94. The van der Waals surface area contributed by atoms with Crippen LogP contribution in [0.25, 0.3) is 11.4 Å². The maximum atomic E-state index is 12.7. The summed E-state index contributed by atoms with van der Waals surface area (Å²) in [6.45, 7) is 9.53. The Morgan fingerprint density at radius 2 is 2.08 bits per heavy atom. The van der Waals surface area contributed by atoms with Crippen molar-refractivity contribution in [1.29, 1.82) is 0 Å². The van der Waals surface area contributed by atoms with Crippen LogP contribution < -0.4 is 0 Å². The Kier molecular flexibility index (Phi) is 4.39. The van der Waals surface area contributed by atoms with Gasteiger partial charge in [-0.05, 0) is 25.8 Å². The maximum absolute atomic E-state index is 12.7. The molecule has 1 aliphatic heterocycles. The summed E-state index contributed by atoms with van der Waals surface area (Å²) in [5.74, 6) is 0.180. The minimum absolute atomic E-state index is 0.0364. The summed E-state index contributed by atoms with van der Waals surface area (Å²) >= 11 is 0. The molecule has 0 aliphatic carbocycles. The summed E-state index contributed by atoms with van der Waals surface area (Å²) in [7, 11) is 0. The molecule has 1 unspecified atom stereocenters. The molecule has 3 rings (SSSR count). The van der Waals surface area contributed by atoms with Gasteiger partial charge in [-0.15, -0.1) is 0 Å². The molecule has 0 bridgehead atoms. The standard InChI is InChI=1S/C18H25N5O/c1-5-23-16(8-9-21-23)14-12-19-13(11-20-14)15-7-6-10-22(15)17(24)18(2,3)4/h8-9,11-12,15H,5-7,10H2,1-4H3. The molecule has 2 aromatic rings. The number of carbonyl (C=O) groups excluding carboxylic acids is 1. The topological polar surface area (TPSA) is 63.9 Å². The molecule has 1 aliphatic rings. The Balaban J connectivity index is 1.84. The highest BCUT2D eigenvalue weighted by Crippen LogP contribution is 2.34. The zero-order valence-corrected chi connectivity index (χ0v) is 14.9. The minimum Gasteiger partial charge on any atom is -0.334 e. The molecule has 1 saturated heterocycles. The fourth-order valence-corrected chi connectivity index (χ4v) is 3.19. The molecule has 0 radical (unpaired) electrons. The van der Waals surface area contributed by atoms with Crippen LogP contribution in [0.15, 0.2) is 24.7 Å². The summed E-state index contributed by atoms with van der Waals surface area (Å²) in [5.41, 5.74) is 2.27. The molecule has 0 saturated carbocycles. The SMILES string of the molecule is CCn1nccc1-c1cnc(C2CCCN2C(=O)C(C)(C)C)cn1. The first-order valence-corrected chi connectivity index (χ1v) is 8.57. The number of hydrogen-bond donors (Lipinski definition) is 0. The second-order valence-electron chi connectivity index (χ2n) is 7.27. The fourth-order valence-electron chi connectivity index (χ4n) is 3.19. The number of rotatable bonds is 3. The fraction of sp³-hybridized carbons (Fsp3) is 0.556. The first kappa shape index (κ1) is 16.6. The average Bonchev–Trinajstić information content (AvgIpc) is 3.22. The van der Waals surface area contributed by atoms with E-state index in [1.807, 2.05) is 43.3 Å². The third-order valence-electron chi connectivity index (χ3n) is 4.45. The van der Waals surface area contributed by atoms with Crippen molar-refractivity contribution in [3.05, 3.63) is 30.4 Å². The Morgan fingerprint density at radius 3 is 2.71 bits per heavy atom. The molecule has 6 nitrogen and oxygen atoms in total. The van der Waals surface area contributed by atoms with Gasteiger partial charge in [0.1, 0.15) is 5.69 Å². The molecule has 128 valence electrons. The van der Waals surface area contributed by atoms with E-state index in [4.69, 9.17) is 0 Å². The molecule has 6 heteroatoms. The number of likely N-dealkylation sites (tertiary alicyclic amines) is 1. The van der Waals surface area contributed by atoms with Crippen LogP contribution in [0.1, 0.15) is 52.3 Å². The molecule has 1 fully saturated rings. The van der Waals surface area contributed by atoms with Crippen molar-refractivity contribution in [1.82, 2.24) is 24.6 Å². The highest BCUT2D eigenvalue weighted by atomic mass is 16.2. The lowest BCUT2D eigenvalue weighted by Crippen LogP contribution is -2.39. The van der Waals surface area contributed by atoms with Crippen LogP contribution in [0.4, 0.5) is 0 Å². The number of aryl methyl sites for hydroxylation is 1. The van der Waals surface area contributed by atoms with Gasteiger partial charge in [0.25, 0.3) is 0 Å². The van der Waals surface area contributed by atoms with Gasteiger partial charge in [0.2, 0.25) is 5.91 Å². The lowest BCUT2D eigenvalue weighted by molar-refractivity contribution is -0.140. The number of nitrogens with zero attached hydrogens (tertiary/aromatic N) is 5. The molecule has 2 aromatic heterocycles. The van der Waals surface area contributed by atoms with Crippen LogP contribution in [0, 0.1) is 5.41 Å². The summed E-state index contributed by atoms with van der Waals surface area (Å²) in [6, 6.07) is 1.98. The number of amides is 1. The molecule has 0 N–H and O–H groups in total. The van der Waals surface area contributed by atoms with Crippen LogP contribution in [-0.4, -0.2) is 37.1 Å². The number of aromatic nitrogens is 4. The Labute approximate surface area is 142 Å². The van der Waals surface area contributed by atoms with Gasteiger partial charge in [-0.2, -0.15) is 5.10 Å². The minimum atomic E-state index is -0.371. The molecular formula is C18H25N5O. The second kappa shape index (κ2) is 6.34. The molecule has 0 spiro atoms. The predicted molar refractivity (Wildman–Crippen MR) is 92.1 cm³/mol. The van der Waals surface area contributed by atoms with Crippen molar-refractivity contribution in [3.63, 3.8) is 0 Å². The van der Waals surface area contributed by atoms with Crippen LogP contribution in [0.3, 0.4) is 0 Å². The summed E-state index contributed by atoms with van der Waals surface area (Å²) in [5, 5.41) is 4.27. The summed E-state index contributed by atoms with van der Waals surface area (Å²) in [4.78, 5) is 23.8. The van der Waals surface area contributed by atoms with Gasteiger partial charge in [-0.3, -0.25) is 19.4 Å². The largest absolute Gasteiger partial charge is 0.334 e. The van der Waals surface area contributed by atoms with Crippen molar-refractivity contribution < 1.29 is 4.79 Å². The van der Waals surface area contributed by atoms with Crippen molar-refractivity contribution in [2.75, 3.05) is 6.54 Å². The van der Waals surface area contributed by atoms with Crippen molar-refractivity contribution in [2.24, 2.45) is 5.41 Å². The highest BCUT2D eigenvalue weighted by Gasteiger charge is 2.36. The van der Waals surface area contributed by atoms with Gasteiger partial charge in [0.05, 0.1) is 29.8 Å². The monoisotopic (exact) mass is 327 g/mol. The van der Waals surface area contributed by atoms with E-state index in [0.29, 0.717) is 0 Å². The van der Waals surface area contributed by atoms with E-state index in [1.54, 1.807) is 18.6 Å². The van der Waals surface area contributed by atoms with E-state index < -0.39 is 0 Å². The van der Waals surface area contributed by atoms with Crippen LogP contribution >= 0.6 is 0 Å². The molecule has 0 aromatic carbocycles. The lowest BCUT2D eigenvalue weighted by Gasteiger charge is -2.30. The van der Waals surface area contributed by atoms with E-state index in [2.05, 4.69) is 15.1 Å². The van der Waals surface area contributed by atoms with Crippen LogP contribution in [0.5, 0.6) is 0 Å². The van der Waals surface area contributed by atoms with Gasteiger partial charge in [-0.25, -0.2) is 0 Å². The average molecular weight is 327 g/mol. The Bertz CT molecular complexity index is 714. The first-order chi connectivity index (χ1) is 11.4. The van der Waals surface area contributed by atoms with Gasteiger partial charge in [0.15, 0.2) is 0 Å². The summed E-state index contributed by atoms with van der Waals surface area (Å²) < 4.78 is 1.90. The maximum Gasteiger partial charge on any atom is 0.228 e. The van der Waals surface area contributed by atoms with Crippen molar-refractivity contribution in [2.45, 2.75) is 53.1 Å². The van der Waals surface area contributed by atoms with Gasteiger partial charge < -0.3 is 4.90 Å². The van der Waals surface area contributed by atoms with Crippen LogP contribution in [-0.2, 0) is 11.3 Å². The van der Waals surface area contributed by atoms with Crippen LogP contribution in [0.2, 0.25) is 0 Å². The zero-order chi connectivity index (χ0) is 17.3. The predicted octanol–water partition coefficient (Wildman–Crippen LogP) is 3.07. The second-order valence-corrected chi connectivity index (χ2v) is 7.27. The van der Waals surface area contributed by atoms with E-state index in [-0.39, 0.29) is 17.4 Å². The first-order valence-electron chi connectivity index (χ1n) is 8.57. The zero-order valence-electron chi connectivity index (χ0n) is 14.9. The molecule has 1 atom stereocenters. The van der Waals surface area contributed by atoms with Crippen molar-refractivity contribution in [3.8, 4) is 11.4 Å².